The minimum Gasteiger partial charge on any atom is -0.342 e. The first-order valence-electron chi connectivity index (χ1n) is 11.0. The Morgan fingerprint density at radius 3 is 2.15 bits per heavy atom. The summed E-state index contributed by atoms with van der Waals surface area (Å²) in [4.78, 5) is 15.0. The molecule has 0 radical (unpaired) electrons. The smallest absolute Gasteiger partial charge is 0.225 e. The molecule has 5 heteroatoms. The summed E-state index contributed by atoms with van der Waals surface area (Å²) in [7, 11) is 0. The summed E-state index contributed by atoms with van der Waals surface area (Å²) in [6.07, 6.45) is 18.1. The van der Waals surface area contributed by atoms with Crippen molar-refractivity contribution in [3.05, 3.63) is 11.9 Å². The van der Waals surface area contributed by atoms with Gasteiger partial charge in [-0.25, -0.2) is 4.68 Å². The molecule has 144 valence electrons. The Balaban J connectivity index is 1.30. The SMILES string of the molecule is O=C(C1CCCCCC1)N1CCC(n2cc(C3CCCCC3)nn2)CC1. The van der Waals surface area contributed by atoms with E-state index < -0.39 is 0 Å². The van der Waals surface area contributed by atoms with Gasteiger partial charge in [0.1, 0.15) is 0 Å². The van der Waals surface area contributed by atoms with E-state index in [9.17, 15) is 4.79 Å². The molecule has 0 spiro atoms. The van der Waals surface area contributed by atoms with E-state index >= 15 is 0 Å². The summed E-state index contributed by atoms with van der Waals surface area (Å²) in [6, 6.07) is 0.415. The number of carbonyl (C=O) groups is 1. The highest BCUT2D eigenvalue weighted by Crippen LogP contribution is 2.32. The number of aromatic nitrogens is 3. The van der Waals surface area contributed by atoms with Gasteiger partial charge >= 0.3 is 0 Å². The summed E-state index contributed by atoms with van der Waals surface area (Å²) in [5, 5.41) is 8.94. The molecule has 1 aliphatic heterocycles. The Morgan fingerprint density at radius 1 is 0.846 bits per heavy atom. The van der Waals surface area contributed by atoms with Gasteiger partial charge in [-0.05, 0) is 38.5 Å². The van der Waals surface area contributed by atoms with Gasteiger partial charge in [0, 0.05) is 31.1 Å². The molecule has 5 nitrogen and oxygen atoms in total. The molecule has 1 saturated heterocycles. The van der Waals surface area contributed by atoms with Gasteiger partial charge in [0.05, 0.1) is 11.7 Å². The van der Waals surface area contributed by atoms with Crippen LogP contribution in [0, 0.1) is 5.92 Å². The van der Waals surface area contributed by atoms with Crippen molar-refractivity contribution in [2.45, 2.75) is 95.4 Å². The van der Waals surface area contributed by atoms with Crippen LogP contribution >= 0.6 is 0 Å². The number of hydrogen-bond donors (Lipinski definition) is 0. The third kappa shape index (κ3) is 4.12. The Kier molecular flexibility index (Phi) is 5.91. The van der Waals surface area contributed by atoms with Crippen molar-refractivity contribution in [3.63, 3.8) is 0 Å². The number of carbonyl (C=O) groups excluding carboxylic acids is 1. The molecule has 3 fully saturated rings. The Labute approximate surface area is 157 Å². The zero-order chi connectivity index (χ0) is 17.8. The molecule has 3 aliphatic rings. The van der Waals surface area contributed by atoms with Crippen LogP contribution in [0.3, 0.4) is 0 Å². The lowest BCUT2D eigenvalue weighted by Crippen LogP contribution is -2.42. The molecule has 0 atom stereocenters. The van der Waals surface area contributed by atoms with E-state index in [0.29, 0.717) is 23.8 Å². The van der Waals surface area contributed by atoms with Crippen LogP contribution in [0.2, 0.25) is 0 Å². The fourth-order valence-corrected chi connectivity index (χ4v) is 5.19. The van der Waals surface area contributed by atoms with Gasteiger partial charge in [0.2, 0.25) is 5.91 Å². The normalized spacial score (nSPS) is 24.5. The molecule has 2 aliphatic carbocycles. The Morgan fingerprint density at radius 2 is 1.46 bits per heavy atom. The van der Waals surface area contributed by atoms with Crippen LogP contribution in [0.4, 0.5) is 0 Å². The summed E-state index contributed by atoms with van der Waals surface area (Å²) < 4.78 is 2.09. The quantitative estimate of drug-likeness (QED) is 0.750. The average Bonchev–Trinajstić information content (AvgIpc) is 3.04. The minimum atomic E-state index is 0.290. The molecule has 4 rings (SSSR count). The van der Waals surface area contributed by atoms with Crippen molar-refractivity contribution in [2.24, 2.45) is 5.92 Å². The maximum Gasteiger partial charge on any atom is 0.225 e. The molecular weight excluding hydrogens is 324 g/mol. The van der Waals surface area contributed by atoms with E-state index in [-0.39, 0.29) is 0 Å². The van der Waals surface area contributed by atoms with Gasteiger partial charge < -0.3 is 4.90 Å². The first kappa shape index (κ1) is 18.0. The standard InChI is InChI=1S/C21H34N4O/c26-21(18-10-4-1-2-5-11-18)24-14-12-19(13-15-24)25-16-20(22-23-25)17-8-6-3-7-9-17/h16-19H,1-15H2. The number of likely N-dealkylation sites (tertiary alicyclic amines) is 1. The van der Waals surface area contributed by atoms with Crippen molar-refractivity contribution in [1.29, 1.82) is 0 Å². The molecule has 0 bridgehead atoms. The molecule has 1 aromatic heterocycles. The van der Waals surface area contributed by atoms with Crippen molar-refractivity contribution in [1.82, 2.24) is 19.9 Å². The highest BCUT2D eigenvalue weighted by molar-refractivity contribution is 5.78. The van der Waals surface area contributed by atoms with Gasteiger partial charge in [-0.3, -0.25) is 4.79 Å². The molecule has 2 heterocycles. The predicted octanol–water partition coefficient (Wildman–Crippen LogP) is 4.46. The van der Waals surface area contributed by atoms with Gasteiger partial charge in [-0.2, -0.15) is 0 Å². The third-order valence-electron chi connectivity index (χ3n) is 6.91. The second kappa shape index (κ2) is 8.53. The minimum absolute atomic E-state index is 0.290. The maximum atomic E-state index is 12.9. The topological polar surface area (TPSA) is 51.0 Å². The molecule has 2 saturated carbocycles. The van der Waals surface area contributed by atoms with Crippen LogP contribution < -0.4 is 0 Å². The molecular formula is C21H34N4O. The molecule has 0 N–H and O–H groups in total. The Bertz CT molecular complexity index is 577. The van der Waals surface area contributed by atoms with Gasteiger partial charge in [-0.15, -0.1) is 5.10 Å². The van der Waals surface area contributed by atoms with Crippen molar-refractivity contribution < 1.29 is 4.79 Å². The lowest BCUT2D eigenvalue weighted by molar-refractivity contribution is -0.137. The fourth-order valence-electron chi connectivity index (χ4n) is 5.19. The zero-order valence-electron chi connectivity index (χ0n) is 16.1. The maximum absolute atomic E-state index is 12.9. The van der Waals surface area contributed by atoms with E-state index in [1.807, 2.05) is 0 Å². The molecule has 1 amide bonds. The van der Waals surface area contributed by atoms with Crippen molar-refractivity contribution in [3.8, 4) is 0 Å². The first-order valence-corrected chi connectivity index (χ1v) is 11.0. The van der Waals surface area contributed by atoms with E-state index in [4.69, 9.17) is 0 Å². The summed E-state index contributed by atoms with van der Waals surface area (Å²) >= 11 is 0. The number of amides is 1. The highest BCUT2D eigenvalue weighted by Gasteiger charge is 2.30. The van der Waals surface area contributed by atoms with Crippen molar-refractivity contribution >= 4 is 5.91 Å². The number of piperidine rings is 1. The van der Waals surface area contributed by atoms with Crippen molar-refractivity contribution in [2.75, 3.05) is 13.1 Å². The van der Waals surface area contributed by atoms with E-state index in [2.05, 4.69) is 26.1 Å². The monoisotopic (exact) mass is 358 g/mol. The number of nitrogens with zero attached hydrogens (tertiary/aromatic N) is 4. The van der Waals surface area contributed by atoms with Crippen LogP contribution in [-0.4, -0.2) is 38.9 Å². The van der Waals surface area contributed by atoms with E-state index in [1.54, 1.807) is 0 Å². The van der Waals surface area contributed by atoms with Gasteiger partial charge in [0.25, 0.3) is 0 Å². The summed E-state index contributed by atoms with van der Waals surface area (Å²) in [6.45, 7) is 1.78. The van der Waals surface area contributed by atoms with Crippen LogP contribution in [0.25, 0.3) is 0 Å². The summed E-state index contributed by atoms with van der Waals surface area (Å²) in [5.74, 6) is 1.33. The van der Waals surface area contributed by atoms with E-state index in [1.165, 1.54) is 63.5 Å². The number of hydrogen-bond acceptors (Lipinski definition) is 3. The van der Waals surface area contributed by atoms with Gasteiger partial charge in [-0.1, -0.05) is 50.2 Å². The lowest BCUT2D eigenvalue weighted by atomic mass is 9.87. The average molecular weight is 359 g/mol. The second-order valence-electron chi connectivity index (χ2n) is 8.70. The second-order valence-corrected chi connectivity index (χ2v) is 8.70. The van der Waals surface area contributed by atoms with Crippen LogP contribution in [-0.2, 0) is 4.79 Å². The zero-order valence-corrected chi connectivity index (χ0v) is 16.1. The molecule has 0 aromatic carbocycles. The molecule has 26 heavy (non-hydrogen) atoms. The Hall–Kier alpha value is -1.39. The lowest BCUT2D eigenvalue weighted by Gasteiger charge is -2.34. The van der Waals surface area contributed by atoms with Crippen LogP contribution in [0.5, 0.6) is 0 Å². The largest absolute Gasteiger partial charge is 0.342 e. The predicted molar refractivity (Wildman–Crippen MR) is 102 cm³/mol. The third-order valence-corrected chi connectivity index (χ3v) is 6.91. The van der Waals surface area contributed by atoms with E-state index in [0.717, 1.165) is 38.8 Å². The first-order chi connectivity index (χ1) is 12.8. The van der Waals surface area contributed by atoms with Crippen LogP contribution in [0.1, 0.15) is 101 Å². The van der Waals surface area contributed by atoms with Crippen LogP contribution in [0.15, 0.2) is 6.20 Å². The molecule has 0 unspecified atom stereocenters. The number of rotatable bonds is 3. The van der Waals surface area contributed by atoms with Gasteiger partial charge in [0.15, 0.2) is 0 Å². The highest BCUT2D eigenvalue weighted by atomic mass is 16.2. The molecule has 1 aromatic rings. The summed E-state index contributed by atoms with van der Waals surface area (Å²) in [5.41, 5.74) is 1.20. The fraction of sp³-hybridized carbons (Fsp3) is 0.857.